The van der Waals surface area contributed by atoms with Crippen LogP contribution < -0.4 is 5.32 Å². The lowest BCUT2D eigenvalue weighted by Gasteiger charge is -2.15. The highest BCUT2D eigenvalue weighted by Gasteiger charge is 2.15. The van der Waals surface area contributed by atoms with Gasteiger partial charge in [-0.2, -0.15) is 0 Å². The lowest BCUT2D eigenvalue weighted by Crippen LogP contribution is -2.23. The van der Waals surface area contributed by atoms with E-state index in [1.165, 1.54) is 5.56 Å². The molecule has 1 aromatic heterocycles. The Hall–Kier alpha value is -2.03. The van der Waals surface area contributed by atoms with Gasteiger partial charge in [-0.05, 0) is 30.5 Å². The van der Waals surface area contributed by atoms with Crippen molar-refractivity contribution in [1.82, 2.24) is 5.32 Å². The van der Waals surface area contributed by atoms with E-state index < -0.39 is 0 Å². The standard InChI is InChI=1S/C16H19NO2/c1-13(18)17-10-9-15(16-8-5-11-19-16)12-14-6-3-2-4-7-14/h2-8,11,15H,9-10,12H2,1H3,(H,17,18)/t15-/m0/s1. The molecule has 0 aliphatic heterocycles. The van der Waals surface area contributed by atoms with E-state index in [2.05, 4.69) is 17.4 Å². The van der Waals surface area contributed by atoms with Crippen LogP contribution in [0.3, 0.4) is 0 Å². The highest BCUT2D eigenvalue weighted by atomic mass is 16.3. The van der Waals surface area contributed by atoms with Crippen molar-refractivity contribution < 1.29 is 9.21 Å². The minimum Gasteiger partial charge on any atom is -0.469 e. The Kier molecular flexibility index (Phi) is 4.78. The highest BCUT2D eigenvalue weighted by Crippen LogP contribution is 2.24. The molecule has 0 saturated heterocycles. The summed E-state index contributed by atoms with van der Waals surface area (Å²) in [6, 6.07) is 14.3. The molecule has 0 bridgehead atoms. The van der Waals surface area contributed by atoms with Crippen molar-refractivity contribution in [2.75, 3.05) is 6.54 Å². The maximum absolute atomic E-state index is 10.9. The first-order valence-electron chi connectivity index (χ1n) is 6.57. The fourth-order valence-corrected chi connectivity index (χ4v) is 2.19. The van der Waals surface area contributed by atoms with Crippen molar-refractivity contribution in [2.45, 2.75) is 25.7 Å². The fraction of sp³-hybridized carbons (Fsp3) is 0.312. The molecule has 1 N–H and O–H groups in total. The third-order valence-electron chi connectivity index (χ3n) is 3.14. The summed E-state index contributed by atoms with van der Waals surface area (Å²) >= 11 is 0. The van der Waals surface area contributed by atoms with Crippen molar-refractivity contribution in [3.05, 3.63) is 60.1 Å². The second-order valence-electron chi connectivity index (χ2n) is 4.67. The summed E-state index contributed by atoms with van der Waals surface area (Å²) in [5, 5.41) is 2.84. The van der Waals surface area contributed by atoms with E-state index >= 15 is 0 Å². The molecule has 3 nitrogen and oxygen atoms in total. The van der Waals surface area contributed by atoms with Gasteiger partial charge < -0.3 is 9.73 Å². The molecular formula is C16H19NO2. The van der Waals surface area contributed by atoms with Gasteiger partial charge in [-0.1, -0.05) is 30.3 Å². The number of benzene rings is 1. The number of carbonyl (C=O) groups is 1. The predicted octanol–water partition coefficient (Wildman–Crippen LogP) is 3.13. The Morgan fingerprint density at radius 1 is 1.21 bits per heavy atom. The second kappa shape index (κ2) is 6.78. The Morgan fingerprint density at radius 2 is 2.00 bits per heavy atom. The first kappa shape index (κ1) is 13.4. The number of amides is 1. The molecule has 3 heteroatoms. The molecule has 1 atom stereocenters. The van der Waals surface area contributed by atoms with Crippen LogP contribution in [0.25, 0.3) is 0 Å². The topological polar surface area (TPSA) is 42.2 Å². The summed E-state index contributed by atoms with van der Waals surface area (Å²) in [5.74, 6) is 1.29. The minimum absolute atomic E-state index is 0.0120. The molecule has 2 rings (SSSR count). The zero-order valence-electron chi connectivity index (χ0n) is 11.1. The van der Waals surface area contributed by atoms with Crippen LogP contribution in [0.5, 0.6) is 0 Å². The molecule has 0 aliphatic rings. The molecule has 0 saturated carbocycles. The summed E-state index contributed by atoms with van der Waals surface area (Å²) in [5.41, 5.74) is 1.28. The Balaban J connectivity index is 2.00. The SMILES string of the molecule is CC(=O)NCC[C@@H](Cc1ccccc1)c1ccco1. The summed E-state index contributed by atoms with van der Waals surface area (Å²) in [7, 11) is 0. The number of rotatable bonds is 6. The van der Waals surface area contributed by atoms with Gasteiger partial charge >= 0.3 is 0 Å². The van der Waals surface area contributed by atoms with Crippen LogP contribution in [-0.4, -0.2) is 12.5 Å². The normalized spacial score (nSPS) is 12.1. The van der Waals surface area contributed by atoms with Crippen LogP contribution in [0, 0.1) is 0 Å². The Labute approximate surface area is 113 Å². The van der Waals surface area contributed by atoms with E-state index in [1.54, 1.807) is 13.2 Å². The zero-order chi connectivity index (χ0) is 13.5. The summed E-state index contributed by atoms with van der Waals surface area (Å²) in [4.78, 5) is 10.9. The van der Waals surface area contributed by atoms with Gasteiger partial charge in [-0.15, -0.1) is 0 Å². The minimum atomic E-state index is 0.0120. The van der Waals surface area contributed by atoms with Crippen molar-refractivity contribution in [3.8, 4) is 0 Å². The number of nitrogens with one attached hydrogen (secondary N) is 1. The lowest BCUT2D eigenvalue weighted by atomic mass is 9.94. The maximum atomic E-state index is 10.9. The molecule has 1 amide bonds. The van der Waals surface area contributed by atoms with Crippen molar-refractivity contribution >= 4 is 5.91 Å². The molecule has 2 aromatic rings. The van der Waals surface area contributed by atoms with Gasteiger partial charge in [0.05, 0.1) is 6.26 Å². The van der Waals surface area contributed by atoms with E-state index in [0.717, 1.165) is 18.6 Å². The Morgan fingerprint density at radius 3 is 2.63 bits per heavy atom. The van der Waals surface area contributed by atoms with Crippen LogP contribution in [0.1, 0.15) is 30.6 Å². The number of furan rings is 1. The summed E-state index contributed by atoms with van der Waals surface area (Å²) in [6.45, 7) is 2.21. The van der Waals surface area contributed by atoms with Crippen molar-refractivity contribution in [3.63, 3.8) is 0 Å². The van der Waals surface area contributed by atoms with Gasteiger partial charge in [0, 0.05) is 19.4 Å². The fourth-order valence-electron chi connectivity index (χ4n) is 2.19. The first-order valence-corrected chi connectivity index (χ1v) is 6.57. The third-order valence-corrected chi connectivity index (χ3v) is 3.14. The number of hydrogen-bond acceptors (Lipinski definition) is 2. The van der Waals surface area contributed by atoms with Crippen LogP contribution in [0.15, 0.2) is 53.1 Å². The third kappa shape index (κ3) is 4.28. The van der Waals surface area contributed by atoms with Gasteiger partial charge in [0.25, 0.3) is 0 Å². The average Bonchev–Trinajstić information content (AvgIpc) is 2.92. The van der Waals surface area contributed by atoms with Crippen LogP contribution in [0.2, 0.25) is 0 Å². The van der Waals surface area contributed by atoms with Crippen molar-refractivity contribution in [1.29, 1.82) is 0 Å². The quantitative estimate of drug-likeness (QED) is 0.863. The van der Waals surface area contributed by atoms with Gasteiger partial charge in [-0.3, -0.25) is 4.79 Å². The van der Waals surface area contributed by atoms with E-state index in [0.29, 0.717) is 12.5 Å². The highest BCUT2D eigenvalue weighted by molar-refractivity contribution is 5.72. The van der Waals surface area contributed by atoms with E-state index in [-0.39, 0.29) is 5.91 Å². The van der Waals surface area contributed by atoms with Gasteiger partial charge in [-0.25, -0.2) is 0 Å². The van der Waals surface area contributed by atoms with Gasteiger partial charge in [0.2, 0.25) is 5.91 Å². The summed E-state index contributed by atoms with van der Waals surface area (Å²) < 4.78 is 5.51. The van der Waals surface area contributed by atoms with E-state index in [9.17, 15) is 4.79 Å². The number of carbonyl (C=O) groups excluding carboxylic acids is 1. The maximum Gasteiger partial charge on any atom is 0.216 e. The molecule has 1 heterocycles. The molecular weight excluding hydrogens is 238 g/mol. The lowest BCUT2D eigenvalue weighted by molar-refractivity contribution is -0.118. The molecule has 0 spiro atoms. The molecule has 0 unspecified atom stereocenters. The van der Waals surface area contributed by atoms with E-state index in [4.69, 9.17) is 4.42 Å². The molecule has 19 heavy (non-hydrogen) atoms. The van der Waals surface area contributed by atoms with Crippen LogP contribution in [-0.2, 0) is 11.2 Å². The largest absolute Gasteiger partial charge is 0.469 e. The molecule has 1 aromatic carbocycles. The molecule has 0 fully saturated rings. The van der Waals surface area contributed by atoms with Gasteiger partial charge in [0.15, 0.2) is 0 Å². The Bertz CT molecular complexity index is 491. The number of hydrogen-bond donors (Lipinski definition) is 1. The van der Waals surface area contributed by atoms with Gasteiger partial charge in [0.1, 0.15) is 5.76 Å². The average molecular weight is 257 g/mol. The van der Waals surface area contributed by atoms with Crippen LogP contribution >= 0.6 is 0 Å². The molecule has 100 valence electrons. The zero-order valence-corrected chi connectivity index (χ0v) is 11.1. The molecule has 0 radical (unpaired) electrons. The summed E-state index contributed by atoms with van der Waals surface area (Å²) in [6.07, 6.45) is 3.50. The second-order valence-corrected chi connectivity index (χ2v) is 4.67. The smallest absolute Gasteiger partial charge is 0.216 e. The van der Waals surface area contributed by atoms with E-state index in [1.807, 2.05) is 30.3 Å². The van der Waals surface area contributed by atoms with Crippen LogP contribution in [0.4, 0.5) is 0 Å². The molecule has 0 aliphatic carbocycles. The monoisotopic (exact) mass is 257 g/mol. The first-order chi connectivity index (χ1) is 9.25. The van der Waals surface area contributed by atoms with Crippen molar-refractivity contribution in [2.24, 2.45) is 0 Å². The predicted molar refractivity (Wildman–Crippen MR) is 74.9 cm³/mol.